The van der Waals surface area contributed by atoms with Crippen molar-refractivity contribution < 1.29 is 27.5 Å². The number of thiophene rings is 1. The molecule has 0 aliphatic carbocycles. The van der Waals surface area contributed by atoms with Gasteiger partial charge in [0.1, 0.15) is 5.01 Å². The highest BCUT2D eigenvalue weighted by atomic mass is 32.1. The molecule has 6 nitrogen and oxygen atoms in total. The molecular weight excluding hydrogens is 463 g/mol. The molecule has 3 rings (SSSR count). The van der Waals surface area contributed by atoms with Crippen LogP contribution in [0.2, 0.25) is 0 Å². The summed E-state index contributed by atoms with van der Waals surface area (Å²) in [5, 5.41) is 8.72. The zero-order chi connectivity index (χ0) is 23.1. The summed E-state index contributed by atoms with van der Waals surface area (Å²) in [6, 6.07) is 6.63. The summed E-state index contributed by atoms with van der Waals surface area (Å²) in [5.74, 6) is -1.10. The van der Waals surface area contributed by atoms with Gasteiger partial charge in [0.25, 0.3) is 0 Å². The number of halogens is 3. The molecule has 3 aromatic rings. The van der Waals surface area contributed by atoms with Crippen LogP contribution in [-0.2, 0) is 26.9 Å². The Hall–Kier alpha value is -2.76. The van der Waals surface area contributed by atoms with E-state index in [9.17, 15) is 22.8 Å². The maximum Gasteiger partial charge on any atom is 0.418 e. The zero-order valence-corrected chi connectivity index (χ0v) is 18.6. The van der Waals surface area contributed by atoms with Crippen LogP contribution in [0.5, 0.6) is 0 Å². The molecule has 0 saturated carbocycles. The monoisotopic (exact) mass is 483 g/mol. The largest absolute Gasteiger partial charge is 0.418 e. The van der Waals surface area contributed by atoms with Gasteiger partial charge in [0.05, 0.1) is 36.5 Å². The quantitative estimate of drug-likeness (QED) is 0.485. The summed E-state index contributed by atoms with van der Waals surface area (Å²) in [6.07, 6.45) is -4.64. The maximum atomic E-state index is 13.2. The molecule has 32 heavy (non-hydrogen) atoms. The van der Waals surface area contributed by atoms with Crippen LogP contribution in [0, 0.1) is 0 Å². The number of anilines is 1. The lowest BCUT2D eigenvalue weighted by Crippen LogP contribution is -2.41. The summed E-state index contributed by atoms with van der Waals surface area (Å²) >= 11 is 2.96. The lowest BCUT2D eigenvalue weighted by molar-refractivity contribution is -0.137. The Labute approximate surface area is 190 Å². The van der Waals surface area contributed by atoms with Crippen molar-refractivity contribution in [2.24, 2.45) is 0 Å². The number of rotatable bonds is 9. The van der Waals surface area contributed by atoms with Gasteiger partial charge in [-0.25, -0.2) is 4.98 Å². The normalized spacial score (nSPS) is 11.4. The van der Waals surface area contributed by atoms with E-state index in [2.05, 4.69) is 10.3 Å². The third-order valence-electron chi connectivity index (χ3n) is 4.41. The highest BCUT2D eigenvalue weighted by Crippen LogP contribution is 2.34. The Morgan fingerprint density at radius 3 is 2.66 bits per heavy atom. The van der Waals surface area contributed by atoms with E-state index in [0.29, 0.717) is 5.69 Å². The number of hydrogen-bond donors (Lipinski definition) is 1. The summed E-state index contributed by atoms with van der Waals surface area (Å²) in [7, 11) is 1.45. The number of amides is 2. The third kappa shape index (κ3) is 6.38. The van der Waals surface area contributed by atoms with Gasteiger partial charge >= 0.3 is 6.18 Å². The number of carbonyl (C=O) groups excluding carboxylic acids is 2. The van der Waals surface area contributed by atoms with Crippen molar-refractivity contribution in [3.8, 4) is 10.6 Å². The number of methoxy groups -OCH3 is 1. The first-order chi connectivity index (χ1) is 15.3. The lowest BCUT2D eigenvalue weighted by atomic mass is 10.1. The highest BCUT2D eigenvalue weighted by molar-refractivity contribution is 7.14. The Balaban J connectivity index is 1.67. The van der Waals surface area contributed by atoms with E-state index in [4.69, 9.17) is 4.74 Å². The van der Waals surface area contributed by atoms with Crippen LogP contribution in [-0.4, -0.2) is 48.5 Å². The molecular formula is C21H20F3N3O3S2. The molecule has 11 heteroatoms. The van der Waals surface area contributed by atoms with Gasteiger partial charge in [-0.3, -0.25) is 9.59 Å². The van der Waals surface area contributed by atoms with Crippen molar-refractivity contribution in [2.45, 2.75) is 12.6 Å². The van der Waals surface area contributed by atoms with Crippen molar-refractivity contribution >= 4 is 40.2 Å². The first-order valence-electron chi connectivity index (χ1n) is 9.47. The molecule has 1 N–H and O–H groups in total. The van der Waals surface area contributed by atoms with Crippen molar-refractivity contribution in [2.75, 3.05) is 32.1 Å². The van der Waals surface area contributed by atoms with Gasteiger partial charge in [-0.15, -0.1) is 11.3 Å². The fourth-order valence-electron chi connectivity index (χ4n) is 2.87. The average Bonchev–Trinajstić information content (AvgIpc) is 3.42. The number of hydrogen-bond acceptors (Lipinski definition) is 6. The molecule has 1 aromatic carbocycles. The fraction of sp³-hybridized carbons (Fsp3) is 0.286. The molecule has 2 heterocycles. The molecule has 0 bridgehead atoms. The van der Waals surface area contributed by atoms with Crippen LogP contribution < -0.4 is 5.32 Å². The molecule has 170 valence electrons. The number of para-hydroxylation sites is 1. The molecule has 0 atom stereocenters. The fourth-order valence-corrected chi connectivity index (χ4v) is 4.40. The van der Waals surface area contributed by atoms with Gasteiger partial charge in [0.15, 0.2) is 0 Å². The SMILES string of the molecule is COCCN(CC(=O)Nc1ccccc1C(F)(F)F)C(=O)Cc1csc(-c2ccsc2)n1. The molecule has 0 spiro atoms. The van der Waals surface area contributed by atoms with E-state index >= 15 is 0 Å². The van der Waals surface area contributed by atoms with E-state index in [0.717, 1.165) is 16.6 Å². The Morgan fingerprint density at radius 1 is 1.19 bits per heavy atom. The minimum absolute atomic E-state index is 0.0310. The molecule has 2 amide bonds. The second-order valence-corrected chi connectivity index (χ2v) is 8.37. The van der Waals surface area contributed by atoms with Gasteiger partial charge < -0.3 is 15.0 Å². The summed E-state index contributed by atoms with van der Waals surface area (Å²) < 4.78 is 44.5. The number of alkyl halides is 3. The van der Waals surface area contributed by atoms with Crippen LogP contribution in [0.15, 0.2) is 46.5 Å². The highest BCUT2D eigenvalue weighted by Gasteiger charge is 2.33. The Morgan fingerprint density at radius 2 is 1.97 bits per heavy atom. The third-order valence-corrected chi connectivity index (χ3v) is 6.03. The van der Waals surface area contributed by atoms with Gasteiger partial charge in [-0.1, -0.05) is 12.1 Å². The van der Waals surface area contributed by atoms with E-state index < -0.39 is 24.2 Å². The number of ether oxygens (including phenoxy) is 1. The first-order valence-corrected chi connectivity index (χ1v) is 11.3. The number of aromatic nitrogens is 1. The van der Waals surface area contributed by atoms with Crippen LogP contribution in [0.4, 0.5) is 18.9 Å². The molecule has 0 unspecified atom stereocenters. The van der Waals surface area contributed by atoms with Crippen molar-refractivity contribution in [1.29, 1.82) is 0 Å². The topological polar surface area (TPSA) is 71.5 Å². The van der Waals surface area contributed by atoms with Crippen molar-refractivity contribution in [3.05, 3.63) is 57.7 Å². The standard InChI is InChI=1S/C21H20F3N3O3S2/c1-30-8-7-27(11-18(28)26-17-5-3-2-4-16(17)21(22,23)24)19(29)10-15-13-32-20(25-15)14-6-9-31-12-14/h2-6,9,12-13H,7-8,10-11H2,1H3,(H,26,28). The number of thiazole rings is 1. The van der Waals surface area contributed by atoms with E-state index in [1.165, 1.54) is 41.5 Å². The number of carbonyl (C=O) groups is 2. The van der Waals surface area contributed by atoms with Crippen LogP contribution in [0.25, 0.3) is 10.6 Å². The predicted molar refractivity (Wildman–Crippen MR) is 118 cm³/mol. The van der Waals surface area contributed by atoms with Crippen LogP contribution in [0.1, 0.15) is 11.3 Å². The summed E-state index contributed by atoms with van der Waals surface area (Å²) in [6.45, 7) is -0.115. The molecule has 0 aliphatic rings. The molecule has 0 fully saturated rings. The van der Waals surface area contributed by atoms with Crippen molar-refractivity contribution in [3.63, 3.8) is 0 Å². The van der Waals surface area contributed by atoms with E-state index in [1.54, 1.807) is 16.7 Å². The zero-order valence-electron chi connectivity index (χ0n) is 17.0. The van der Waals surface area contributed by atoms with Crippen molar-refractivity contribution in [1.82, 2.24) is 9.88 Å². The minimum Gasteiger partial charge on any atom is -0.383 e. The smallest absolute Gasteiger partial charge is 0.383 e. The Bertz CT molecular complexity index is 1050. The number of benzene rings is 1. The van der Waals surface area contributed by atoms with Gasteiger partial charge in [0.2, 0.25) is 11.8 Å². The van der Waals surface area contributed by atoms with E-state index in [-0.39, 0.29) is 31.2 Å². The molecule has 2 aromatic heterocycles. The van der Waals surface area contributed by atoms with Gasteiger partial charge in [-0.05, 0) is 23.6 Å². The second-order valence-electron chi connectivity index (χ2n) is 6.73. The van der Waals surface area contributed by atoms with Crippen LogP contribution in [0.3, 0.4) is 0 Å². The lowest BCUT2D eigenvalue weighted by Gasteiger charge is -2.22. The van der Waals surface area contributed by atoms with Gasteiger partial charge in [-0.2, -0.15) is 24.5 Å². The first kappa shape index (κ1) is 23.9. The number of nitrogens with zero attached hydrogens (tertiary/aromatic N) is 2. The summed E-state index contributed by atoms with van der Waals surface area (Å²) in [4.78, 5) is 31.0. The second kappa shape index (κ2) is 10.7. The number of nitrogens with one attached hydrogen (secondary N) is 1. The summed E-state index contributed by atoms with van der Waals surface area (Å²) in [5.41, 5.74) is 0.222. The maximum absolute atomic E-state index is 13.2. The molecule has 0 saturated heterocycles. The minimum atomic E-state index is -4.61. The molecule has 0 aliphatic heterocycles. The van der Waals surface area contributed by atoms with Gasteiger partial charge in [0, 0.05) is 30.0 Å². The predicted octanol–water partition coefficient (Wildman–Crippen LogP) is 4.55. The van der Waals surface area contributed by atoms with E-state index in [1.807, 2.05) is 16.8 Å². The van der Waals surface area contributed by atoms with Crippen LogP contribution >= 0.6 is 22.7 Å². The average molecular weight is 484 g/mol. The molecule has 0 radical (unpaired) electrons. The Kier molecular flexibility index (Phi) is 7.99.